The van der Waals surface area contributed by atoms with Crippen LogP contribution in [0.25, 0.3) is 0 Å². The summed E-state index contributed by atoms with van der Waals surface area (Å²) in [6.45, 7) is 4.39. The Balaban J connectivity index is 1.47. The van der Waals surface area contributed by atoms with Crippen molar-refractivity contribution in [3.05, 3.63) is 59.9 Å². The van der Waals surface area contributed by atoms with Gasteiger partial charge >= 0.3 is 0 Å². The molecule has 24 heavy (non-hydrogen) atoms. The van der Waals surface area contributed by atoms with E-state index < -0.39 is 0 Å². The average Bonchev–Trinajstić information content (AvgIpc) is 2.67. The Bertz CT molecular complexity index is 667. The minimum Gasteiger partial charge on any atom is -0.497 e. The maximum absolute atomic E-state index is 12.4. The second-order valence-electron chi connectivity index (χ2n) is 5.97. The molecule has 0 bridgehead atoms. The fourth-order valence-corrected chi connectivity index (χ4v) is 2.97. The van der Waals surface area contributed by atoms with Crippen molar-refractivity contribution >= 4 is 5.91 Å². The van der Waals surface area contributed by atoms with Crippen LogP contribution in [0.1, 0.15) is 15.9 Å². The molecule has 3 rings (SSSR count). The molecular weight excluding hydrogens is 302 g/mol. The van der Waals surface area contributed by atoms with E-state index in [0.29, 0.717) is 0 Å². The minimum absolute atomic E-state index is 0.102. The van der Waals surface area contributed by atoms with E-state index >= 15 is 0 Å². The molecule has 1 amide bonds. The normalized spacial score (nSPS) is 15.3. The van der Waals surface area contributed by atoms with Gasteiger partial charge in [-0.3, -0.25) is 14.7 Å². The van der Waals surface area contributed by atoms with Crippen LogP contribution in [0.5, 0.6) is 5.75 Å². The zero-order valence-electron chi connectivity index (χ0n) is 14.0. The largest absolute Gasteiger partial charge is 0.497 e. The van der Waals surface area contributed by atoms with Gasteiger partial charge in [0.1, 0.15) is 5.75 Å². The first-order chi connectivity index (χ1) is 11.8. The average molecular weight is 325 g/mol. The minimum atomic E-state index is 0.102. The van der Waals surface area contributed by atoms with Gasteiger partial charge in [0, 0.05) is 50.7 Å². The molecule has 0 N–H and O–H groups in total. The van der Waals surface area contributed by atoms with E-state index in [9.17, 15) is 4.79 Å². The summed E-state index contributed by atoms with van der Waals surface area (Å²) in [7, 11) is 1.69. The van der Waals surface area contributed by atoms with Gasteiger partial charge in [0.2, 0.25) is 0 Å². The molecule has 1 aromatic heterocycles. The van der Waals surface area contributed by atoms with E-state index in [0.717, 1.165) is 50.5 Å². The Morgan fingerprint density at radius 2 is 1.88 bits per heavy atom. The first-order valence-electron chi connectivity index (χ1n) is 8.31. The molecule has 1 aliphatic heterocycles. The lowest BCUT2D eigenvalue weighted by molar-refractivity contribution is 0.0638. The van der Waals surface area contributed by atoms with Crippen LogP contribution < -0.4 is 4.74 Å². The van der Waals surface area contributed by atoms with Crippen molar-refractivity contribution in [1.82, 2.24) is 14.8 Å². The molecule has 2 aromatic rings. The summed E-state index contributed by atoms with van der Waals surface area (Å²) < 4.78 is 5.27. The molecule has 1 aliphatic rings. The van der Waals surface area contributed by atoms with Gasteiger partial charge in [0.15, 0.2) is 0 Å². The van der Waals surface area contributed by atoms with Gasteiger partial charge in [-0.15, -0.1) is 0 Å². The summed E-state index contributed by atoms with van der Waals surface area (Å²) in [5, 5.41) is 0. The Kier molecular flexibility index (Phi) is 5.43. The summed E-state index contributed by atoms with van der Waals surface area (Å²) >= 11 is 0. The molecule has 126 valence electrons. The fourth-order valence-electron chi connectivity index (χ4n) is 2.97. The topological polar surface area (TPSA) is 45.7 Å². The maximum atomic E-state index is 12.4. The highest BCUT2D eigenvalue weighted by molar-refractivity contribution is 5.94. The number of pyridine rings is 1. The van der Waals surface area contributed by atoms with Crippen molar-refractivity contribution in [2.24, 2.45) is 0 Å². The summed E-state index contributed by atoms with van der Waals surface area (Å²) in [4.78, 5) is 20.7. The van der Waals surface area contributed by atoms with E-state index in [1.54, 1.807) is 31.6 Å². The number of nitrogens with zero attached hydrogens (tertiary/aromatic N) is 3. The zero-order valence-corrected chi connectivity index (χ0v) is 14.0. The van der Waals surface area contributed by atoms with Crippen LogP contribution in [-0.2, 0) is 6.42 Å². The van der Waals surface area contributed by atoms with Crippen LogP contribution in [0, 0.1) is 0 Å². The second-order valence-corrected chi connectivity index (χ2v) is 5.97. The number of hydrogen-bond donors (Lipinski definition) is 0. The predicted molar refractivity (Wildman–Crippen MR) is 93.3 cm³/mol. The van der Waals surface area contributed by atoms with Crippen molar-refractivity contribution in [1.29, 1.82) is 0 Å². The predicted octanol–water partition coefficient (Wildman–Crippen LogP) is 2.09. The van der Waals surface area contributed by atoms with E-state index in [2.05, 4.69) is 22.0 Å². The summed E-state index contributed by atoms with van der Waals surface area (Å²) in [5.74, 6) is 1.00. The number of carbonyl (C=O) groups is 1. The summed E-state index contributed by atoms with van der Waals surface area (Å²) in [6.07, 6.45) is 4.32. The van der Waals surface area contributed by atoms with Crippen molar-refractivity contribution in [3.63, 3.8) is 0 Å². The van der Waals surface area contributed by atoms with Crippen molar-refractivity contribution in [2.75, 3.05) is 39.8 Å². The summed E-state index contributed by atoms with van der Waals surface area (Å²) in [5.41, 5.74) is 2.00. The molecule has 0 spiro atoms. The lowest BCUT2D eigenvalue weighted by Gasteiger charge is -2.34. The smallest absolute Gasteiger partial charge is 0.254 e. The van der Waals surface area contributed by atoms with Gasteiger partial charge in [-0.25, -0.2) is 0 Å². The lowest BCUT2D eigenvalue weighted by Crippen LogP contribution is -2.49. The van der Waals surface area contributed by atoms with Crippen LogP contribution in [0.15, 0.2) is 48.8 Å². The highest BCUT2D eigenvalue weighted by Gasteiger charge is 2.21. The number of rotatable bonds is 5. The molecule has 1 aromatic carbocycles. The SMILES string of the molecule is COc1cccc(CCN2CCN(C(=O)c3ccncc3)CC2)c1. The van der Waals surface area contributed by atoms with Crippen LogP contribution in [-0.4, -0.2) is 60.5 Å². The van der Waals surface area contributed by atoms with Crippen LogP contribution in [0.2, 0.25) is 0 Å². The van der Waals surface area contributed by atoms with Gasteiger partial charge in [0.05, 0.1) is 7.11 Å². The molecule has 5 nitrogen and oxygen atoms in total. The van der Waals surface area contributed by atoms with Crippen molar-refractivity contribution < 1.29 is 9.53 Å². The third kappa shape index (κ3) is 4.11. The quantitative estimate of drug-likeness (QED) is 0.844. The molecule has 1 fully saturated rings. The van der Waals surface area contributed by atoms with Crippen molar-refractivity contribution in [3.8, 4) is 5.75 Å². The molecule has 0 unspecified atom stereocenters. The number of hydrogen-bond acceptors (Lipinski definition) is 4. The Morgan fingerprint density at radius 1 is 1.12 bits per heavy atom. The number of piperazine rings is 1. The Morgan fingerprint density at radius 3 is 2.58 bits per heavy atom. The van der Waals surface area contributed by atoms with Crippen molar-refractivity contribution in [2.45, 2.75) is 6.42 Å². The second kappa shape index (κ2) is 7.93. The lowest BCUT2D eigenvalue weighted by atomic mass is 10.1. The van der Waals surface area contributed by atoms with Gasteiger partial charge in [-0.05, 0) is 36.2 Å². The van der Waals surface area contributed by atoms with Gasteiger partial charge in [0.25, 0.3) is 5.91 Å². The molecule has 5 heteroatoms. The number of carbonyl (C=O) groups excluding carboxylic acids is 1. The molecule has 0 radical (unpaired) electrons. The van der Waals surface area contributed by atoms with Gasteiger partial charge in [-0.2, -0.15) is 0 Å². The number of benzene rings is 1. The first-order valence-corrected chi connectivity index (χ1v) is 8.31. The Labute approximate surface area is 142 Å². The summed E-state index contributed by atoms with van der Waals surface area (Å²) in [6, 6.07) is 11.8. The number of ether oxygens (including phenoxy) is 1. The van der Waals surface area contributed by atoms with Crippen LogP contribution in [0.4, 0.5) is 0 Å². The number of amides is 1. The molecule has 1 saturated heterocycles. The number of aromatic nitrogens is 1. The molecule has 2 heterocycles. The maximum Gasteiger partial charge on any atom is 0.254 e. The monoisotopic (exact) mass is 325 g/mol. The molecule has 0 saturated carbocycles. The van der Waals surface area contributed by atoms with E-state index in [1.807, 2.05) is 17.0 Å². The van der Waals surface area contributed by atoms with E-state index in [-0.39, 0.29) is 5.91 Å². The van der Waals surface area contributed by atoms with E-state index in [1.165, 1.54) is 5.56 Å². The highest BCUT2D eigenvalue weighted by Crippen LogP contribution is 2.14. The zero-order chi connectivity index (χ0) is 16.8. The van der Waals surface area contributed by atoms with Gasteiger partial charge < -0.3 is 9.64 Å². The van der Waals surface area contributed by atoms with Gasteiger partial charge in [-0.1, -0.05) is 12.1 Å². The number of methoxy groups -OCH3 is 1. The fraction of sp³-hybridized carbons (Fsp3) is 0.368. The molecule has 0 atom stereocenters. The third-order valence-electron chi connectivity index (χ3n) is 4.44. The standard InChI is InChI=1S/C19H23N3O2/c1-24-18-4-2-3-16(15-18)7-10-21-11-13-22(14-12-21)19(23)17-5-8-20-9-6-17/h2-6,8-9,15H,7,10-14H2,1H3. The highest BCUT2D eigenvalue weighted by atomic mass is 16.5. The Hall–Kier alpha value is -2.40. The first kappa shape index (κ1) is 16.5. The van der Waals surface area contributed by atoms with Crippen LogP contribution >= 0.6 is 0 Å². The third-order valence-corrected chi connectivity index (χ3v) is 4.44. The molecular formula is C19H23N3O2. The van der Waals surface area contributed by atoms with E-state index in [4.69, 9.17) is 4.74 Å². The van der Waals surface area contributed by atoms with Crippen LogP contribution in [0.3, 0.4) is 0 Å². The molecule has 0 aliphatic carbocycles.